The predicted octanol–water partition coefficient (Wildman–Crippen LogP) is 1.62. The zero-order valence-electron chi connectivity index (χ0n) is 9.75. The average Bonchev–Trinajstić information content (AvgIpc) is 2.81. The molecule has 0 saturated heterocycles. The third-order valence-electron chi connectivity index (χ3n) is 2.45. The van der Waals surface area contributed by atoms with E-state index >= 15 is 0 Å². The molecule has 0 bridgehead atoms. The maximum absolute atomic E-state index is 12.2. The van der Waals surface area contributed by atoms with Gasteiger partial charge in [-0.25, -0.2) is 8.42 Å². The van der Waals surface area contributed by atoms with E-state index in [0.29, 0.717) is 17.7 Å². The summed E-state index contributed by atoms with van der Waals surface area (Å²) in [6.07, 6.45) is 3.10. The third-order valence-corrected chi connectivity index (χ3v) is 3.91. The SMILES string of the molecule is CCc1ccc(N)cc1S(=O)(=O)Nc1cnoc1. The smallest absolute Gasteiger partial charge is 0.262 e. The molecule has 0 fully saturated rings. The summed E-state index contributed by atoms with van der Waals surface area (Å²) in [6.45, 7) is 1.88. The lowest BCUT2D eigenvalue weighted by Crippen LogP contribution is -2.15. The molecule has 0 radical (unpaired) electrons. The first-order chi connectivity index (χ1) is 8.53. The summed E-state index contributed by atoms with van der Waals surface area (Å²) in [6, 6.07) is 4.82. The average molecular weight is 267 g/mol. The van der Waals surface area contributed by atoms with Crippen LogP contribution in [0.2, 0.25) is 0 Å². The van der Waals surface area contributed by atoms with Crippen LogP contribution in [0.4, 0.5) is 11.4 Å². The molecular weight excluding hydrogens is 254 g/mol. The van der Waals surface area contributed by atoms with E-state index in [2.05, 4.69) is 14.4 Å². The van der Waals surface area contributed by atoms with E-state index in [1.807, 2.05) is 6.92 Å². The highest BCUT2D eigenvalue weighted by Gasteiger charge is 2.19. The zero-order chi connectivity index (χ0) is 13.2. The van der Waals surface area contributed by atoms with E-state index < -0.39 is 10.0 Å². The molecule has 96 valence electrons. The fraction of sp³-hybridized carbons (Fsp3) is 0.182. The molecule has 0 aliphatic rings. The highest BCUT2D eigenvalue weighted by Crippen LogP contribution is 2.22. The van der Waals surface area contributed by atoms with Crippen molar-refractivity contribution < 1.29 is 12.9 Å². The number of nitrogens with two attached hydrogens (primary N) is 1. The molecule has 0 aliphatic carbocycles. The van der Waals surface area contributed by atoms with Crippen molar-refractivity contribution in [3.05, 3.63) is 36.2 Å². The van der Waals surface area contributed by atoms with Gasteiger partial charge in [0.15, 0.2) is 0 Å². The zero-order valence-corrected chi connectivity index (χ0v) is 10.6. The highest BCUT2D eigenvalue weighted by molar-refractivity contribution is 7.92. The van der Waals surface area contributed by atoms with Crippen LogP contribution in [0.5, 0.6) is 0 Å². The van der Waals surface area contributed by atoms with Gasteiger partial charge in [-0.2, -0.15) is 0 Å². The van der Waals surface area contributed by atoms with Gasteiger partial charge in [0.05, 0.1) is 11.1 Å². The first-order valence-corrected chi connectivity index (χ1v) is 6.82. The lowest BCUT2D eigenvalue weighted by Gasteiger charge is -2.10. The predicted molar refractivity (Wildman–Crippen MR) is 67.5 cm³/mol. The van der Waals surface area contributed by atoms with Crippen LogP contribution in [0, 0.1) is 0 Å². The minimum Gasteiger partial charge on any atom is -0.399 e. The van der Waals surface area contributed by atoms with Gasteiger partial charge in [0.1, 0.15) is 12.0 Å². The quantitative estimate of drug-likeness (QED) is 0.820. The number of benzene rings is 1. The van der Waals surface area contributed by atoms with Gasteiger partial charge in [-0.1, -0.05) is 18.1 Å². The van der Waals surface area contributed by atoms with Crippen LogP contribution in [0.25, 0.3) is 0 Å². The first-order valence-electron chi connectivity index (χ1n) is 5.33. The minimum atomic E-state index is -3.68. The van der Waals surface area contributed by atoms with E-state index in [9.17, 15) is 8.42 Å². The van der Waals surface area contributed by atoms with Crippen LogP contribution >= 0.6 is 0 Å². The van der Waals surface area contributed by atoms with Crippen LogP contribution in [-0.2, 0) is 16.4 Å². The second-order valence-electron chi connectivity index (χ2n) is 3.74. The van der Waals surface area contributed by atoms with E-state index in [0.717, 1.165) is 0 Å². The molecule has 0 aliphatic heterocycles. The number of anilines is 2. The van der Waals surface area contributed by atoms with Crippen LogP contribution in [0.15, 0.2) is 40.1 Å². The normalized spacial score (nSPS) is 11.4. The number of nitrogens with one attached hydrogen (secondary N) is 1. The molecule has 2 rings (SSSR count). The van der Waals surface area contributed by atoms with Crippen molar-refractivity contribution in [3.63, 3.8) is 0 Å². The molecule has 7 heteroatoms. The topological polar surface area (TPSA) is 98.2 Å². The Labute approximate surface area is 105 Å². The van der Waals surface area contributed by atoms with Crippen molar-refractivity contribution in [1.82, 2.24) is 5.16 Å². The summed E-state index contributed by atoms with van der Waals surface area (Å²) in [5, 5.41) is 3.43. The van der Waals surface area contributed by atoms with Gasteiger partial charge < -0.3 is 10.3 Å². The molecular formula is C11H13N3O3S. The Hall–Kier alpha value is -2.02. The van der Waals surface area contributed by atoms with Crippen molar-refractivity contribution in [1.29, 1.82) is 0 Å². The van der Waals surface area contributed by atoms with Gasteiger partial charge in [-0.05, 0) is 24.1 Å². The van der Waals surface area contributed by atoms with E-state index in [-0.39, 0.29) is 10.6 Å². The molecule has 3 N–H and O–H groups in total. The Morgan fingerprint density at radius 3 is 2.83 bits per heavy atom. The molecule has 6 nitrogen and oxygen atoms in total. The molecule has 0 unspecified atom stereocenters. The van der Waals surface area contributed by atoms with Crippen molar-refractivity contribution in [3.8, 4) is 0 Å². The fourth-order valence-electron chi connectivity index (χ4n) is 1.58. The van der Waals surface area contributed by atoms with Gasteiger partial charge in [0, 0.05) is 5.69 Å². The molecule has 0 atom stereocenters. The molecule has 0 amide bonds. The summed E-state index contributed by atoms with van der Waals surface area (Å²) < 4.78 is 31.3. The van der Waals surface area contributed by atoms with Crippen LogP contribution in [0.1, 0.15) is 12.5 Å². The number of hydrogen-bond acceptors (Lipinski definition) is 5. The lowest BCUT2D eigenvalue weighted by atomic mass is 10.1. The highest BCUT2D eigenvalue weighted by atomic mass is 32.2. The largest absolute Gasteiger partial charge is 0.399 e. The minimum absolute atomic E-state index is 0.172. The number of sulfonamides is 1. The van der Waals surface area contributed by atoms with Crippen LogP contribution in [0.3, 0.4) is 0 Å². The Balaban J connectivity index is 2.43. The number of aromatic nitrogens is 1. The number of rotatable bonds is 4. The second kappa shape index (κ2) is 4.69. The summed E-state index contributed by atoms with van der Waals surface area (Å²) in [5.74, 6) is 0. The van der Waals surface area contributed by atoms with Gasteiger partial charge in [-0.3, -0.25) is 4.72 Å². The molecule has 1 aromatic carbocycles. The lowest BCUT2D eigenvalue weighted by molar-refractivity contribution is 0.420. The molecule has 0 saturated carbocycles. The molecule has 0 spiro atoms. The molecule has 2 aromatic rings. The maximum atomic E-state index is 12.2. The molecule has 1 heterocycles. The van der Waals surface area contributed by atoms with Crippen molar-refractivity contribution in [2.75, 3.05) is 10.5 Å². The monoisotopic (exact) mass is 267 g/mol. The Kier molecular flexibility index (Phi) is 3.24. The van der Waals surface area contributed by atoms with Gasteiger partial charge >= 0.3 is 0 Å². The first kappa shape index (κ1) is 12.4. The summed E-state index contributed by atoms with van der Waals surface area (Å²) >= 11 is 0. The Morgan fingerprint density at radius 2 is 2.22 bits per heavy atom. The number of nitrogen functional groups attached to an aromatic ring is 1. The molecule has 1 aromatic heterocycles. The molecule has 18 heavy (non-hydrogen) atoms. The van der Waals surface area contributed by atoms with Crippen LogP contribution in [-0.4, -0.2) is 13.6 Å². The van der Waals surface area contributed by atoms with E-state index in [1.54, 1.807) is 12.1 Å². The Morgan fingerprint density at radius 1 is 1.44 bits per heavy atom. The van der Waals surface area contributed by atoms with E-state index in [1.165, 1.54) is 18.5 Å². The third kappa shape index (κ3) is 2.45. The summed E-state index contributed by atoms with van der Waals surface area (Å²) in [5.41, 5.74) is 7.01. The number of aryl methyl sites for hydroxylation is 1. The van der Waals surface area contributed by atoms with Crippen LogP contribution < -0.4 is 10.5 Å². The van der Waals surface area contributed by atoms with Crippen molar-refractivity contribution in [2.45, 2.75) is 18.2 Å². The van der Waals surface area contributed by atoms with Crippen molar-refractivity contribution in [2.24, 2.45) is 0 Å². The van der Waals surface area contributed by atoms with Gasteiger partial charge in [0.25, 0.3) is 10.0 Å². The fourth-order valence-corrected chi connectivity index (χ4v) is 2.95. The van der Waals surface area contributed by atoms with Crippen molar-refractivity contribution >= 4 is 21.4 Å². The Bertz CT molecular complexity index is 636. The van der Waals surface area contributed by atoms with Gasteiger partial charge in [-0.15, -0.1) is 0 Å². The number of hydrogen-bond donors (Lipinski definition) is 2. The maximum Gasteiger partial charge on any atom is 0.262 e. The summed E-state index contributed by atoms with van der Waals surface area (Å²) in [4.78, 5) is 0.172. The standard InChI is InChI=1S/C11H13N3O3S/c1-2-8-3-4-9(12)5-11(8)18(15,16)14-10-6-13-17-7-10/h3-7,14H,2,12H2,1H3. The number of nitrogens with zero attached hydrogens (tertiary/aromatic N) is 1. The van der Waals surface area contributed by atoms with E-state index in [4.69, 9.17) is 5.73 Å². The second-order valence-corrected chi connectivity index (χ2v) is 5.39. The van der Waals surface area contributed by atoms with Gasteiger partial charge in [0.2, 0.25) is 0 Å². The summed E-state index contributed by atoms with van der Waals surface area (Å²) in [7, 11) is -3.68.